The van der Waals surface area contributed by atoms with E-state index in [0.717, 1.165) is 51.6 Å². The summed E-state index contributed by atoms with van der Waals surface area (Å²) in [5.41, 5.74) is 1.91. The number of fused-ring (bicyclic) bond motifs is 1. The maximum absolute atomic E-state index is 11.5. The topological polar surface area (TPSA) is 81.8 Å². The fourth-order valence-corrected chi connectivity index (χ4v) is 4.55. The van der Waals surface area contributed by atoms with Crippen molar-refractivity contribution in [2.75, 3.05) is 13.2 Å². The van der Waals surface area contributed by atoms with E-state index in [9.17, 15) is 9.90 Å². The molecule has 1 unspecified atom stereocenters. The zero-order valence-electron chi connectivity index (χ0n) is 18.5. The van der Waals surface area contributed by atoms with Crippen LogP contribution in [0, 0.1) is 6.92 Å². The van der Waals surface area contributed by atoms with Crippen LogP contribution in [0.25, 0.3) is 10.1 Å². The molecule has 3 rings (SSSR count). The molecular formula is C24H31NO5S. The normalized spacial score (nSPS) is 12.4. The van der Waals surface area contributed by atoms with Crippen molar-refractivity contribution >= 4 is 27.4 Å². The minimum absolute atomic E-state index is 0.333. The molecule has 0 saturated carbocycles. The zero-order valence-corrected chi connectivity index (χ0v) is 19.3. The van der Waals surface area contributed by atoms with E-state index in [-0.39, 0.29) is 0 Å². The number of thiophene rings is 1. The van der Waals surface area contributed by atoms with Gasteiger partial charge in [-0.15, -0.1) is 11.3 Å². The molecule has 31 heavy (non-hydrogen) atoms. The highest BCUT2D eigenvalue weighted by Gasteiger charge is 2.20. The van der Waals surface area contributed by atoms with Crippen LogP contribution in [0.1, 0.15) is 56.0 Å². The highest BCUT2D eigenvalue weighted by Crippen LogP contribution is 2.34. The molecule has 2 heterocycles. The van der Waals surface area contributed by atoms with Crippen molar-refractivity contribution in [1.82, 2.24) is 4.98 Å². The standard InChI is InChI=1S/C24H31NO5S/c1-4-6-7-8-22-25-19(16(3)30-22)11-13-29-20-10-9-17(23-18(20)12-14-31-23)15-21(24(26)27)28-5-2/h9-10,12,14,21H,4-8,11,13,15H2,1-3H3,(H,26,27). The summed E-state index contributed by atoms with van der Waals surface area (Å²) in [5, 5.41) is 12.4. The number of carboxylic acids is 1. The minimum atomic E-state index is -0.941. The molecule has 0 aliphatic heterocycles. The molecule has 0 radical (unpaired) electrons. The quantitative estimate of drug-likeness (QED) is 0.346. The van der Waals surface area contributed by atoms with Gasteiger partial charge in [-0.05, 0) is 43.3 Å². The maximum atomic E-state index is 11.5. The lowest BCUT2D eigenvalue weighted by Crippen LogP contribution is -2.26. The van der Waals surface area contributed by atoms with Gasteiger partial charge in [0.2, 0.25) is 0 Å². The Bertz CT molecular complexity index is 993. The first-order valence-electron chi connectivity index (χ1n) is 10.9. The molecular weight excluding hydrogens is 414 g/mol. The van der Waals surface area contributed by atoms with Crippen LogP contribution in [0.15, 0.2) is 28.0 Å². The molecule has 1 aromatic carbocycles. The summed E-state index contributed by atoms with van der Waals surface area (Å²) in [6.07, 6.45) is 4.51. The molecule has 6 nitrogen and oxygen atoms in total. The van der Waals surface area contributed by atoms with E-state index in [1.54, 1.807) is 18.3 Å². The number of carboxylic acid groups (broad SMARTS) is 1. The number of aryl methyl sites for hydroxylation is 2. The summed E-state index contributed by atoms with van der Waals surface area (Å²) in [7, 11) is 0. The Kier molecular flexibility index (Phi) is 8.49. The van der Waals surface area contributed by atoms with Gasteiger partial charge in [-0.2, -0.15) is 0 Å². The monoisotopic (exact) mass is 445 g/mol. The smallest absolute Gasteiger partial charge is 0.333 e. The predicted octanol–water partition coefficient (Wildman–Crippen LogP) is 5.58. The highest BCUT2D eigenvalue weighted by atomic mass is 32.1. The van der Waals surface area contributed by atoms with Gasteiger partial charge in [0.25, 0.3) is 0 Å². The third-order valence-electron chi connectivity index (χ3n) is 5.23. The summed E-state index contributed by atoms with van der Waals surface area (Å²) in [4.78, 5) is 16.1. The Morgan fingerprint density at radius 1 is 1.23 bits per heavy atom. The third kappa shape index (κ3) is 6.08. The molecule has 168 valence electrons. The van der Waals surface area contributed by atoms with Crippen LogP contribution in [0.4, 0.5) is 0 Å². The molecule has 0 bridgehead atoms. The summed E-state index contributed by atoms with van der Waals surface area (Å²) in [5.74, 6) is 1.53. The SMILES string of the molecule is CCCCCc1nc(CCOc2ccc(CC(OCC)C(=O)O)c3sccc23)c(C)o1. The molecule has 0 amide bonds. The zero-order chi connectivity index (χ0) is 22.2. The van der Waals surface area contributed by atoms with Crippen molar-refractivity contribution in [1.29, 1.82) is 0 Å². The van der Waals surface area contributed by atoms with Crippen LogP contribution >= 0.6 is 11.3 Å². The molecule has 1 N–H and O–H groups in total. The van der Waals surface area contributed by atoms with E-state index >= 15 is 0 Å². The Labute approximate surface area is 187 Å². The summed E-state index contributed by atoms with van der Waals surface area (Å²) in [6.45, 7) is 6.81. The second-order valence-electron chi connectivity index (χ2n) is 7.54. The molecule has 1 atom stereocenters. The lowest BCUT2D eigenvalue weighted by Gasteiger charge is -2.14. The largest absolute Gasteiger partial charge is 0.493 e. The van der Waals surface area contributed by atoms with E-state index in [0.29, 0.717) is 26.1 Å². The number of unbranched alkanes of at least 4 members (excludes halogenated alkanes) is 2. The molecule has 2 aromatic heterocycles. The van der Waals surface area contributed by atoms with E-state index in [1.807, 2.05) is 30.5 Å². The first-order chi connectivity index (χ1) is 15.0. The molecule has 0 saturated heterocycles. The van der Waals surface area contributed by atoms with Crippen LogP contribution in [0.3, 0.4) is 0 Å². The predicted molar refractivity (Wildman–Crippen MR) is 122 cm³/mol. The average molecular weight is 446 g/mol. The first-order valence-corrected chi connectivity index (χ1v) is 11.8. The number of aromatic nitrogens is 1. The Morgan fingerprint density at radius 2 is 2.06 bits per heavy atom. The van der Waals surface area contributed by atoms with Gasteiger partial charge in [0, 0.05) is 36.0 Å². The summed E-state index contributed by atoms with van der Waals surface area (Å²) >= 11 is 1.59. The molecule has 0 aliphatic carbocycles. The number of carbonyl (C=O) groups is 1. The molecule has 3 aromatic rings. The van der Waals surface area contributed by atoms with Gasteiger partial charge in [-0.1, -0.05) is 25.8 Å². The number of ether oxygens (including phenoxy) is 2. The van der Waals surface area contributed by atoms with E-state index < -0.39 is 12.1 Å². The van der Waals surface area contributed by atoms with E-state index in [4.69, 9.17) is 13.9 Å². The third-order valence-corrected chi connectivity index (χ3v) is 6.22. The Hall–Kier alpha value is -2.38. The van der Waals surface area contributed by atoms with Gasteiger partial charge in [-0.25, -0.2) is 9.78 Å². The highest BCUT2D eigenvalue weighted by molar-refractivity contribution is 7.17. The number of hydrogen-bond donors (Lipinski definition) is 1. The van der Waals surface area contributed by atoms with Crippen molar-refractivity contribution < 1.29 is 23.8 Å². The number of oxazole rings is 1. The fourth-order valence-electron chi connectivity index (χ4n) is 3.61. The van der Waals surface area contributed by atoms with Crippen LogP contribution < -0.4 is 4.74 Å². The van der Waals surface area contributed by atoms with Crippen LogP contribution in [-0.2, 0) is 28.8 Å². The molecule has 7 heteroatoms. The van der Waals surface area contributed by atoms with Gasteiger partial charge in [0.1, 0.15) is 11.5 Å². The Morgan fingerprint density at radius 3 is 2.81 bits per heavy atom. The van der Waals surface area contributed by atoms with E-state index in [2.05, 4.69) is 11.9 Å². The second kappa shape index (κ2) is 11.3. The van der Waals surface area contributed by atoms with Gasteiger partial charge >= 0.3 is 5.97 Å². The number of benzene rings is 1. The van der Waals surface area contributed by atoms with Crippen LogP contribution in [-0.4, -0.2) is 35.4 Å². The van der Waals surface area contributed by atoms with Gasteiger partial charge in [0.15, 0.2) is 12.0 Å². The van der Waals surface area contributed by atoms with Gasteiger partial charge in [-0.3, -0.25) is 0 Å². The maximum Gasteiger partial charge on any atom is 0.333 e. The van der Waals surface area contributed by atoms with Crippen molar-refractivity contribution in [2.24, 2.45) is 0 Å². The minimum Gasteiger partial charge on any atom is -0.493 e. The van der Waals surface area contributed by atoms with Crippen molar-refractivity contribution in [3.63, 3.8) is 0 Å². The first kappa shape index (κ1) is 23.3. The lowest BCUT2D eigenvalue weighted by molar-refractivity contribution is -0.149. The van der Waals surface area contributed by atoms with Crippen molar-refractivity contribution in [3.8, 4) is 5.75 Å². The average Bonchev–Trinajstić information content (AvgIpc) is 3.36. The van der Waals surface area contributed by atoms with Crippen molar-refractivity contribution in [3.05, 3.63) is 46.5 Å². The molecule has 0 fully saturated rings. The van der Waals surface area contributed by atoms with Crippen LogP contribution in [0.2, 0.25) is 0 Å². The van der Waals surface area contributed by atoms with E-state index in [1.165, 1.54) is 12.8 Å². The molecule has 0 spiro atoms. The number of aliphatic carboxylic acids is 1. The fraction of sp³-hybridized carbons (Fsp3) is 0.500. The van der Waals surface area contributed by atoms with Crippen LogP contribution in [0.5, 0.6) is 5.75 Å². The molecule has 0 aliphatic rings. The summed E-state index contributed by atoms with van der Waals surface area (Å²) in [6, 6.07) is 5.87. The van der Waals surface area contributed by atoms with Gasteiger partial charge in [0.05, 0.1) is 12.3 Å². The van der Waals surface area contributed by atoms with Crippen molar-refractivity contribution in [2.45, 2.75) is 65.4 Å². The van der Waals surface area contributed by atoms with Gasteiger partial charge < -0.3 is 19.0 Å². The second-order valence-corrected chi connectivity index (χ2v) is 8.45. The number of hydrogen-bond acceptors (Lipinski definition) is 6. The Balaban J connectivity index is 1.64. The number of nitrogens with zero attached hydrogens (tertiary/aromatic N) is 1. The number of rotatable bonds is 13. The lowest BCUT2D eigenvalue weighted by atomic mass is 10.1. The summed E-state index contributed by atoms with van der Waals surface area (Å²) < 4.78 is 18.3.